The van der Waals surface area contributed by atoms with Crippen molar-refractivity contribution in [3.8, 4) is 0 Å². The van der Waals surface area contributed by atoms with Crippen LogP contribution in [0.2, 0.25) is 0 Å². The topological polar surface area (TPSA) is 41.1 Å². The molecule has 1 amide bonds. The van der Waals surface area contributed by atoms with Crippen LogP contribution in [0.4, 0.5) is 0 Å². The second-order valence-corrected chi connectivity index (χ2v) is 5.78. The predicted octanol–water partition coefficient (Wildman–Crippen LogP) is 1.90. The van der Waals surface area contributed by atoms with Gasteiger partial charge in [0.2, 0.25) is 5.91 Å². The predicted molar refractivity (Wildman–Crippen MR) is 78.0 cm³/mol. The summed E-state index contributed by atoms with van der Waals surface area (Å²) in [5, 5.41) is 6.42. The quantitative estimate of drug-likeness (QED) is 0.868. The zero-order chi connectivity index (χ0) is 13.8. The van der Waals surface area contributed by atoms with Crippen molar-refractivity contribution in [3.63, 3.8) is 0 Å². The molecule has 0 saturated carbocycles. The number of amides is 1. The second-order valence-electron chi connectivity index (χ2n) is 5.78. The molecule has 1 aromatic rings. The van der Waals surface area contributed by atoms with E-state index in [1.165, 1.54) is 11.1 Å². The molecule has 3 nitrogen and oxygen atoms in total. The summed E-state index contributed by atoms with van der Waals surface area (Å²) in [5.41, 5.74) is 2.60. The number of carbonyl (C=O) groups is 1. The van der Waals surface area contributed by atoms with E-state index >= 15 is 0 Å². The highest BCUT2D eigenvalue weighted by Gasteiger charge is 2.29. The summed E-state index contributed by atoms with van der Waals surface area (Å²) in [5.74, 6) is 0.753. The molecule has 104 valence electrons. The normalized spacial score (nSPS) is 24.2. The van der Waals surface area contributed by atoms with Crippen LogP contribution in [0.15, 0.2) is 24.3 Å². The Labute approximate surface area is 115 Å². The third-order valence-electron chi connectivity index (χ3n) is 4.03. The summed E-state index contributed by atoms with van der Waals surface area (Å²) in [6.07, 6.45) is 0.896. The number of hydrogen-bond donors (Lipinski definition) is 2. The highest BCUT2D eigenvalue weighted by atomic mass is 16.2. The third kappa shape index (κ3) is 3.57. The number of aryl methyl sites for hydroxylation is 1. The van der Waals surface area contributed by atoms with Crippen molar-refractivity contribution in [3.05, 3.63) is 35.4 Å². The molecular formula is C16H24N2O. The maximum absolute atomic E-state index is 12.2. The molecule has 1 saturated heterocycles. The van der Waals surface area contributed by atoms with Crippen LogP contribution in [-0.4, -0.2) is 25.0 Å². The zero-order valence-electron chi connectivity index (χ0n) is 12.1. The van der Waals surface area contributed by atoms with Gasteiger partial charge in [0.25, 0.3) is 0 Å². The summed E-state index contributed by atoms with van der Waals surface area (Å²) in [7, 11) is 0. The fraction of sp³-hybridized carbons (Fsp3) is 0.562. The van der Waals surface area contributed by atoms with Crippen LogP contribution in [0, 0.1) is 18.8 Å². The minimum Gasteiger partial charge on any atom is -0.353 e. The highest BCUT2D eigenvalue weighted by Crippen LogP contribution is 2.16. The number of rotatable bonds is 4. The average Bonchev–Trinajstić information content (AvgIpc) is 2.78. The Hall–Kier alpha value is -1.35. The van der Waals surface area contributed by atoms with Crippen molar-refractivity contribution < 1.29 is 4.79 Å². The first kappa shape index (κ1) is 14.1. The van der Waals surface area contributed by atoms with E-state index in [-0.39, 0.29) is 17.9 Å². The van der Waals surface area contributed by atoms with E-state index in [1.807, 2.05) is 6.07 Å². The number of carbonyl (C=O) groups excluding carboxylic acids is 1. The Morgan fingerprint density at radius 1 is 1.42 bits per heavy atom. The van der Waals surface area contributed by atoms with Gasteiger partial charge in [-0.15, -0.1) is 0 Å². The molecule has 0 aromatic heterocycles. The van der Waals surface area contributed by atoms with E-state index in [4.69, 9.17) is 0 Å². The van der Waals surface area contributed by atoms with Gasteiger partial charge in [0.05, 0.1) is 5.92 Å². The van der Waals surface area contributed by atoms with Crippen molar-refractivity contribution in [2.24, 2.45) is 11.8 Å². The Morgan fingerprint density at radius 2 is 2.16 bits per heavy atom. The molecule has 2 N–H and O–H groups in total. The van der Waals surface area contributed by atoms with Gasteiger partial charge in [-0.1, -0.05) is 31.2 Å². The van der Waals surface area contributed by atoms with Crippen molar-refractivity contribution >= 4 is 5.91 Å². The van der Waals surface area contributed by atoms with Gasteiger partial charge in [0.15, 0.2) is 0 Å². The van der Waals surface area contributed by atoms with Crippen LogP contribution < -0.4 is 10.6 Å². The standard InChI is InChI=1S/C16H24N2O/c1-11-6-4-5-7-14(11)8-13(3)18-16(19)15-10-17-9-12(15)2/h4-7,12-13,15,17H,8-10H2,1-3H3,(H,18,19)/t12-,13?,15-/m1/s1. The fourth-order valence-electron chi connectivity index (χ4n) is 2.73. The van der Waals surface area contributed by atoms with Gasteiger partial charge in [-0.25, -0.2) is 0 Å². The first-order valence-corrected chi connectivity index (χ1v) is 7.13. The van der Waals surface area contributed by atoms with E-state index in [1.54, 1.807) is 0 Å². The number of nitrogens with one attached hydrogen (secondary N) is 2. The van der Waals surface area contributed by atoms with Crippen molar-refractivity contribution in [2.75, 3.05) is 13.1 Å². The lowest BCUT2D eigenvalue weighted by Gasteiger charge is -2.19. The zero-order valence-corrected chi connectivity index (χ0v) is 12.1. The molecule has 1 aliphatic heterocycles. The summed E-state index contributed by atoms with van der Waals surface area (Å²) in [6, 6.07) is 8.54. The van der Waals surface area contributed by atoms with Gasteiger partial charge >= 0.3 is 0 Å². The maximum atomic E-state index is 12.2. The lowest BCUT2D eigenvalue weighted by atomic mass is 9.96. The molecule has 1 aliphatic rings. The van der Waals surface area contributed by atoms with Crippen LogP contribution in [0.5, 0.6) is 0 Å². The van der Waals surface area contributed by atoms with Gasteiger partial charge in [-0.3, -0.25) is 4.79 Å². The van der Waals surface area contributed by atoms with Gasteiger partial charge in [0, 0.05) is 12.6 Å². The van der Waals surface area contributed by atoms with E-state index in [0.29, 0.717) is 5.92 Å². The first-order chi connectivity index (χ1) is 9.08. The molecule has 1 heterocycles. The summed E-state index contributed by atoms with van der Waals surface area (Å²) < 4.78 is 0. The third-order valence-corrected chi connectivity index (χ3v) is 4.03. The molecule has 19 heavy (non-hydrogen) atoms. The largest absolute Gasteiger partial charge is 0.353 e. The summed E-state index contributed by atoms with van der Waals surface area (Å²) in [6.45, 7) is 8.09. The lowest BCUT2D eigenvalue weighted by Crippen LogP contribution is -2.40. The summed E-state index contributed by atoms with van der Waals surface area (Å²) in [4.78, 5) is 12.2. The molecule has 3 atom stereocenters. The van der Waals surface area contributed by atoms with Crippen LogP contribution >= 0.6 is 0 Å². The van der Waals surface area contributed by atoms with Gasteiger partial charge in [-0.2, -0.15) is 0 Å². The molecule has 0 spiro atoms. The Balaban J connectivity index is 1.89. The van der Waals surface area contributed by atoms with E-state index in [2.05, 4.69) is 49.6 Å². The Kier molecular flexibility index (Phi) is 4.59. The molecule has 1 unspecified atom stereocenters. The molecular weight excluding hydrogens is 236 g/mol. The molecule has 1 aromatic carbocycles. The Bertz CT molecular complexity index is 444. The van der Waals surface area contributed by atoms with Gasteiger partial charge in [0.1, 0.15) is 0 Å². The van der Waals surface area contributed by atoms with E-state index in [9.17, 15) is 4.79 Å². The van der Waals surface area contributed by atoms with Crippen molar-refractivity contribution in [1.82, 2.24) is 10.6 Å². The average molecular weight is 260 g/mol. The molecule has 2 rings (SSSR count). The van der Waals surface area contributed by atoms with Crippen molar-refractivity contribution in [2.45, 2.75) is 33.2 Å². The maximum Gasteiger partial charge on any atom is 0.224 e. The molecule has 0 bridgehead atoms. The highest BCUT2D eigenvalue weighted by molar-refractivity contribution is 5.79. The van der Waals surface area contributed by atoms with Crippen LogP contribution in [0.25, 0.3) is 0 Å². The monoisotopic (exact) mass is 260 g/mol. The van der Waals surface area contributed by atoms with Gasteiger partial charge in [-0.05, 0) is 43.9 Å². The fourth-order valence-corrected chi connectivity index (χ4v) is 2.73. The molecule has 0 radical (unpaired) electrons. The molecule has 0 aliphatic carbocycles. The summed E-state index contributed by atoms with van der Waals surface area (Å²) >= 11 is 0. The van der Waals surface area contributed by atoms with Crippen molar-refractivity contribution in [1.29, 1.82) is 0 Å². The van der Waals surface area contributed by atoms with E-state index < -0.39 is 0 Å². The number of hydrogen-bond acceptors (Lipinski definition) is 2. The number of benzene rings is 1. The molecule has 1 fully saturated rings. The minimum absolute atomic E-state index is 0.124. The van der Waals surface area contributed by atoms with Gasteiger partial charge < -0.3 is 10.6 Å². The minimum atomic E-state index is 0.124. The Morgan fingerprint density at radius 3 is 2.79 bits per heavy atom. The van der Waals surface area contributed by atoms with Crippen LogP contribution in [0.1, 0.15) is 25.0 Å². The lowest BCUT2D eigenvalue weighted by molar-refractivity contribution is -0.126. The van der Waals surface area contributed by atoms with E-state index in [0.717, 1.165) is 19.5 Å². The van der Waals surface area contributed by atoms with Crippen LogP contribution in [-0.2, 0) is 11.2 Å². The first-order valence-electron chi connectivity index (χ1n) is 7.13. The smallest absolute Gasteiger partial charge is 0.224 e. The molecule has 3 heteroatoms. The van der Waals surface area contributed by atoms with Crippen LogP contribution in [0.3, 0.4) is 0 Å². The SMILES string of the molecule is Cc1ccccc1CC(C)NC(=O)[C@@H]1CNC[C@H]1C. The second kappa shape index (κ2) is 6.20.